The Balaban J connectivity index is 2.06. The van der Waals surface area contributed by atoms with Crippen molar-refractivity contribution in [3.63, 3.8) is 0 Å². The van der Waals surface area contributed by atoms with Crippen LogP contribution in [-0.2, 0) is 0 Å². The number of carbonyl (C=O) groups excluding carboxylic acids is 1. The molecule has 2 aromatic carbocycles. The molecule has 0 saturated heterocycles. The quantitative estimate of drug-likeness (QED) is 0.596. The smallest absolute Gasteiger partial charge is 0.173 e. The molecule has 0 aromatic heterocycles. The fourth-order valence-corrected chi connectivity index (χ4v) is 2.94. The van der Waals surface area contributed by atoms with Crippen molar-refractivity contribution in [1.29, 1.82) is 0 Å². The zero-order valence-electron chi connectivity index (χ0n) is 12.9. The van der Waals surface area contributed by atoms with Crippen LogP contribution in [0.1, 0.15) is 27.0 Å². The fraction of sp³-hybridized carbons (Fsp3) is 0.278. The Hall–Kier alpha value is -1.74. The molecule has 2 nitrogen and oxygen atoms in total. The zero-order valence-corrected chi connectivity index (χ0v) is 13.7. The second-order valence-corrected chi connectivity index (χ2v) is 6.19. The summed E-state index contributed by atoms with van der Waals surface area (Å²) in [7, 11) is 1.65. The molecule has 0 amide bonds. The summed E-state index contributed by atoms with van der Waals surface area (Å²) in [6, 6.07) is 11.9. The summed E-state index contributed by atoms with van der Waals surface area (Å²) in [6.45, 7) is 6.11. The molecule has 0 atom stereocenters. The van der Waals surface area contributed by atoms with Gasteiger partial charge in [-0.15, -0.1) is 11.8 Å². The van der Waals surface area contributed by atoms with E-state index < -0.39 is 0 Å². The third-order valence-electron chi connectivity index (χ3n) is 3.57. The summed E-state index contributed by atoms with van der Waals surface area (Å²) < 4.78 is 5.13. The number of benzene rings is 2. The summed E-state index contributed by atoms with van der Waals surface area (Å²) in [5.74, 6) is 1.46. The third kappa shape index (κ3) is 3.88. The molecule has 0 spiro atoms. The molecule has 0 N–H and O–H groups in total. The predicted molar refractivity (Wildman–Crippen MR) is 88.7 cm³/mol. The first-order valence-corrected chi connectivity index (χ1v) is 7.87. The van der Waals surface area contributed by atoms with Crippen molar-refractivity contribution < 1.29 is 9.53 Å². The molecule has 2 rings (SSSR count). The minimum Gasteiger partial charge on any atom is -0.497 e. The molecule has 0 aliphatic rings. The molecule has 0 aliphatic carbocycles. The van der Waals surface area contributed by atoms with E-state index in [0.717, 1.165) is 21.8 Å². The molecule has 0 bridgehead atoms. The largest absolute Gasteiger partial charge is 0.497 e. The fourth-order valence-electron chi connectivity index (χ4n) is 2.16. The van der Waals surface area contributed by atoms with Gasteiger partial charge in [0.1, 0.15) is 5.75 Å². The van der Waals surface area contributed by atoms with E-state index in [9.17, 15) is 4.79 Å². The maximum atomic E-state index is 12.4. The van der Waals surface area contributed by atoms with Crippen LogP contribution in [0.4, 0.5) is 0 Å². The Kier molecular flexibility index (Phi) is 5.07. The van der Waals surface area contributed by atoms with Gasteiger partial charge in [0.15, 0.2) is 5.78 Å². The number of Topliss-reactive ketones (excluding diaryl/α,β-unsaturated/α-hetero) is 1. The van der Waals surface area contributed by atoms with E-state index in [1.165, 1.54) is 11.1 Å². The molecule has 0 saturated carbocycles. The van der Waals surface area contributed by atoms with Crippen LogP contribution in [0.25, 0.3) is 0 Å². The van der Waals surface area contributed by atoms with Crippen molar-refractivity contribution in [2.45, 2.75) is 25.7 Å². The highest BCUT2D eigenvalue weighted by Gasteiger charge is 2.11. The predicted octanol–water partition coefficient (Wildman–Crippen LogP) is 4.60. The van der Waals surface area contributed by atoms with Gasteiger partial charge in [-0.25, -0.2) is 0 Å². The Morgan fingerprint density at radius 3 is 2.24 bits per heavy atom. The van der Waals surface area contributed by atoms with E-state index in [1.54, 1.807) is 18.9 Å². The summed E-state index contributed by atoms with van der Waals surface area (Å²) in [4.78, 5) is 13.5. The Bertz CT molecular complexity index is 645. The summed E-state index contributed by atoms with van der Waals surface area (Å²) in [5, 5.41) is 0. The van der Waals surface area contributed by atoms with Crippen LogP contribution in [0.15, 0.2) is 41.3 Å². The maximum absolute atomic E-state index is 12.4. The van der Waals surface area contributed by atoms with Gasteiger partial charge >= 0.3 is 0 Å². The van der Waals surface area contributed by atoms with Crippen molar-refractivity contribution in [2.24, 2.45) is 0 Å². The highest BCUT2D eigenvalue weighted by Crippen LogP contribution is 2.23. The molecule has 0 fully saturated rings. The Morgan fingerprint density at radius 2 is 1.62 bits per heavy atom. The number of thioether (sulfide) groups is 1. The van der Waals surface area contributed by atoms with Crippen LogP contribution in [0.2, 0.25) is 0 Å². The monoisotopic (exact) mass is 300 g/mol. The van der Waals surface area contributed by atoms with Gasteiger partial charge < -0.3 is 4.74 Å². The van der Waals surface area contributed by atoms with Gasteiger partial charge in [-0.3, -0.25) is 4.79 Å². The topological polar surface area (TPSA) is 26.3 Å². The van der Waals surface area contributed by atoms with E-state index in [4.69, 9.17) is 4.74 Å². The van der Waals surface area contributed by atoms with Crippen molar-refractivity contribution >= 4 is 17.5 Å². The van der Waals surface area contributed by atoms with Gasteiger partial charge in [-0.1, -0.05) is 6.07 Å². The van der Waals surface area contributed by atoms with Gasteiger partial charge in [0, 0.05) is 10.5 Å². The van der Waals surface area contributed by atoms with Crippen LogP contribution in [0.5, 0.6) is 5.75 Å². The van der Waals surface area contributed by atoms with Crippen molar-refractivity contribution in [3.05, 3.63) is 58.7 Å². The lowest BCUT2D eigenvalue weighted by molar-refractivity contribution is 0.102. The van der Waals surface area contributed by atoms with Gasteiger partial charge in [0.2, 0.25) is 0 Å². The molecule has 0 heterocycles. The number of ketones is 1. The van der Waals surface area contributed by atoms with Crippen LogP contribution >= 0.6 is 11.8 Å². The minimum atomic E-state index is 0.177. The Labute approximate surface area is 130 Å². The lowest BCUT2D eigenvalue weighted by Gasteiger charge is -2.09. The first-order chi connectivity index (χ1) is 10.0. The first-order valence-electron chi connectivity index (χ1n) is 6.89. The van der Waals surface area contributed by atoms with Gasteiger partial charge in [0.05, 0.1) is 12.9 Å². The zero-order chi connectivity index (χ0) is 15.4. The summed E-state index contributed by atoms with van der Waals surface area (Å²) in [6.07, 6.45) is 0. The number of rotatable bonds is 5. The van der Waals surface area contributed by atoms with E-state index in [0.29, 0.717) is 5.75 Å². The summed E-state index contributed by atoms with van der Waals surface area (Å²) in [5.41, 5.74) is 4.28. The van der Waals surface area contributed by atoms with Crippen LogP contribution in [0.3, 0.4) is 0 Å². The molecular formula is C18H20O2S. The van der Waals surface area contributed by atoms with Crippen molar-refractivity contribution in [1.82, 2.24) is 0 Å². The SMILES string of the molecule is COc1ccc(SCC(=O)c2cc(C)c(C)cc2C)cc1. The average Bonchev–Trinajstić information content (AvgIpc) is 2.49. The third-order valence-corrected chi connectivity index (χ3v) is 4.58. The number of hydrogen-bond acceptors (Lipinski definition) is 3. The molecule has 110 valence electrons. The molecule has 3 heteroatoms. The lowest BCUT2D eigenvalue weighted by Crippen LogP contribution is -2.06. The van der Waals surface area contributed by atoms with E-state index in [-0.39, 0.29) is 5.78 Å². The number of ether oxygens (including phenoxy) is 1. The van der Waals surface area contributed by atoms with Crippen LogP contribution in [-0.4, -0.2) is 18.6 Å². The van der Waals surface area contributed by atoms with Crippen molar-refractivity contribution in [3.8, 4) is 5.75 Å². The van der Waals surface area contributed by atoms with Crippen molar-refractivity contribution in [2.75, 3.05) is 12.9 Å². The standard InChI is InChI=1S/C18H20O2S/c1-12-9-14(3)17(10-13(12)2)18(19)11-21-16-7-5-15(20-4)6-8-16/h5-10H,11H2,1-4H3. The van der Waals surface area contributed by atoms with E-state index >= 15 is 0 Å². The number of methoxy groups -OCH3 is 1. The molecule has 0 radical (unpaired) electrons. The van der Waals surface area contributed by atoms with Gasteiger partial charge in [0.25, 0.3) is 0 Å². The lowest BCUT2D eigenvalue weighted by atomic mass is 9.99. The molecule has 2 aromatic rings. The van der Waals surface area contributed by atoms with Gasteiger partial charge in [-0.2, -0.15) is 0 Å². The second kappa shape index (κ2) is 6.81. The molecule has 0 aliphatic heterocycles. The highest BCUT2D eigenvalue weighted by atomic mass is 32.2. The number of carbonyl (C=O) groups is 1. The first kappa shape index (κ1) is 15.6. The molecule has 0 unspecified atom stereocenters. The average molecular weight is 300 g/mol. The number of hydrogen-bond donors (Lipinski definition) is 0. The highest BCUT2D eigenvalue weighted by molar-refractivity contribution is 8.00. The summed E-state index contributed by atoms with van der Waals surface area (Å²) >= 11 is 1.56. The van der Waals surface area contributed by atoms with E-state index in [1.807, 2.05) is 44.2 Å². The Morgan fingerprint density at radius 1 is 1.00 bits per heavy atom. The minimum absolute atomic E-state index is 0.177. The maximum Gasteiger partial charge on any atom is 0.173 e. The number of aryl methyl sites for hydroxylation is 3. The second-order valence-electron chi connectivity index (χ2n) is 5.14. The van der Waals surface area contributed by atoms with E-state index in [2.05, 4.69) is 13.0 Å². The molecule has 21 heavy (non-hydrogen) atoms. The van der Waals surface area contributed by atoms with Gasteiger partial charge in [-0.05, 0) is 67.8 Å². The molecular weight excluding hydrogens is 280 g/mol. The normalized spacial score (nSPS) is 10.5. The van der Waals surface area contributed by atoms with Crippen LogP contribution < -0.4 is 4.74 Å². The van der Waals surface area contributed by atoms with Crippen LogP contribution in [0, 0.1) is 20.8 Å².